The number of hydrogen-bond acceptors (Lipinski definition) is 3. The van der Waals surface area contributed by atoms with E-state index in [-0.39, 0.29) is 18.0 Å². The number of halogens is 3. The van der Waals surface area contributed by atoms with Gasteiger partial charge in [-0.25, -0.2) is 0 Å². The Hall–Kier alpha value is -0.603. The van der Waals surface area contributed by atoms with Crippen LogP contribution < -0.4 is 0 Å². The van der Waals surface area contributed by atoms with E-state index in [1.807, 2.05) is 33.9 Å². The van der Waals surface area contributed by atoms with Crippen molar-refractivity contribution in [1.82, 2.24) is 4.90 Å². The molecule has 0 aromatic carbocycles. The summed E-state index contributed by atoms with van der Waals surface area (Å²) in [7, 11) is -2.12. The van der Waals surface area contributed by atoms with Crippen LogP contribution in [-0.2, 0) is 9.22 Å². The van der Waals surface area contributed by atoms with Gasteiger partial charge >= 0.3 is 12.1 Å². The third kappa shape index (κ3) is 4.20. The van der Waals surface area contributed by atoms with Crippen LogP contribution in [0, 0.1) is 0 Å². The SMILES string of the molecule is CC(C)(C)[Si](C)(C)OC1CC(CO)N(C(=O)C(F)(F)F)C1. The highest BCUT2D eigenvalue weighted by molar-refractivity contribution is 6.74. The fourth-order valence-corrected chi connectivity index (χ4v) is 3.49. The monoisotopic (exact) mass is 327 g/mol. The molecule has 8 heteroatoms. The topological polar surface area (TPSA) is 49.8 Å². The summed E-state index contributed by atoms with van der Waals surface area (Å²) in [5.41, 5.74) is 0. The normalized spacial score (nSPS) is 24.5. The molecule has 124 valence electrons. The van der Waals surface area contributed by atoms with Gasteiger partial charge in [-0.05, 0) is 24.6 Å². The highest BCUT2D eigenvalue weighted by Gasteiger charge is 2.49. The molecule has 1 heterocycles. The smallest absolute Gasteiger partial charge is 0.412 e. The van der Waals surface area contributed by atoms with Gasteiger partial charge in [-0.15, -0.1) is 0 Å². The summed E-state index contributed by atoms with van der Waals surface area (Å²) in [6, 6.07) is -0.825. The van der Waals surface area contributed by atoms with Gasteiger partial charge < -0.3 is 14.4 Å². The first-order valence-corrected chi connectivity index (χ1v) is 9.87. The summed E-state index contributed by atoms with van der Waals surface area (Å²) in [4.78, 5) is 12.1. The molecule has 0 radical (unpaired) electrons. The Labute approximate surface area is 124 Å². The minimum atomic E-state index is -4.92. The molecule has 21 heavy (non-hydrogen) atoms. The van der Waals surface area contributed by atoms with E-state index in [1.54, 1.807) is 0 Å². The molecule has 1 rings (SSSR count). The van der Waals surface area contributed by atoms with Crippen LogP contribution in [0.5, 0.6) is 0 Å². The fraction of sp³-hybridized carbons (Fsp3) is 0.923. The van der Waals surface area contributed by atoms with Crippen LogP contribution >= 0.6 is 0 Å². The number of alkyl halides is 3. The van der Waals surface area contributed by atoms with Crippen LogP contribution in [0.15, 0.2) is 0 Å². The number of aliphatic hydroxyl groups excluding tert-OH is 1. The molecular weight excluding hydrogens is 303 g/mol. The van der Waals surface area contributed by atoms with Crippen molar-refractivity contribution in [1.29, 1.82) is 0 Å². The third-order valence-electron chi connectivity index (χ3n) is 4.36. The quantitative estimate of drug-likeness (QED) is 0.811. The minimum absolute atomic E-state index is 0.0663. The molecule has 2 atom stereocenters. The van der Waals surface area contributed by atoms with Crippen LogP contribution in [0.1, 0.15) is 27.2 Å². The molecule has 0 aliphatic carbocycles. The molecule has 0 aromatic rings. The first-order valence-electron chi connectivity index (χ1n) is 6.96. The Morgan fingerprint density at radius 3 is 2.24 bits per heavy atom. The van der Waals surface area contributed by atoms with Gasteiger partial charge in [0.1, 0.15) is 0 Å². The van der Waals surface area contributed by atoms with Gasteiger partial charge in [0.25, 0.3) is 0 Å². The van der Waals surface area contributed by atoms with Crippen molar-refractivity contribution >= 4 is 14.2 Å². The first-order chi connectivity index (χ1) is 9.29. The Bertz CT molecular complexity index is 393. The average Bonchev–Trinajstić information content (AvgIpc) is 2.67. The summed E-state index contributed by atoms with van der Waals surface area (Å²) >= 11 is 0. The lowest BCUT2D eigenvalue weighted by atomic mass is 10.2. The van der Waals surface area contributed by atoms with Crippen LogP contribution in [0.25, 0.3) is 0 Å². The molecule has 1 amide bonds. The predicted octanol–water partition coefficient (Wildman–Crippen LogP) is 2.53. The van der Waals surface area contributed by atoms with E-state index < -0.39 is 39.2 Å². The molecule has 4 nitrogen and oxygen atoms in total. The largest absolute Gasteiger partial charge is 0.471 e. The Balaban J connectivity index is 2.81. The molecule has 0 bridgehead atoms. The highest BCUT2D eigenvalue weighted by Crippen LogP contribution is 2.39. The standard InChI is InChI=1S/C13H24F3NO3Si/c1-12(2,3)21(4,5)20-10-6-9(8-18)17(7-10)11(19)13(14,15)16/h9-10,18H,6-8H2,1-5H3. The minimum Gasteiger partial charge on any atom is -0.412 e. The van der Waals surface area contributed by atoms with Gasteiger partial charge in [0.15, 0.2) is 8.32 Å². The number of likely N-dealkylation sites (tertiary alicyclic amines) is 1. The summed E-state index contributed by atoms with van der Waals surface area (Å²) in [5, 5.41) is 9.16. The first kappa shape index (κ1) is 18.4. The number of hydrogen-bond donors (Lipinski definition) is 1. The van der Waals surface area contributed by atoms with Gasteiger partial charge in [-0.3, -0.25) is 4.79 Å². The van der Waals surface area contributed by atoms with E-state index in [4.69, 9.17) is 4.43 Å². The average molecular weight is 327 g/mol. The van der Waals surface area contributed by atoms with Crippen molar-refractivity contribution in [2.24, 2.45) is 0 Å². The molecule has 0 spiro atoms. The number of amides is 1. The predicted molar refractivity (Wildman–Crippen MR) is 75.3 cm³/mol. The van der Waals surface area contributed by atoms with Crippen molar-refractivity contribution in [3.05, 3.63) is 0 Å². The van der Waals surface area contributed by atoms with E-state index in [1.165, 1.54) is 0 Å². The second kappa shape index (κ2) is 5.89. The number of nitrogens with zero attached hydrogens (tertiary/aromatic N) is 1. The molecule has 1 saturated heterocycles. The summed E-state index contributed by atoms with van der Waals surface area (Å²) in [5.74, 6) is -1.90. The molecule has 1 fully saturated rings. The van der Waals surface area contributed by atoms with Crippen molar-refractivity contribution < 1.29 is 27.5 Å². The maximum absolute atomic E-state index is 12.6. The summed E-state index contributed by atoms with van der Waals surface area (Å²) in [6.45, 7) is 9.53. The van der Waals surface area contributed by atoms with Gasteiger partial charge in [0.05, 0.1) is 18.8 Å². The van der Waals surface area contributed by atoms with Gasteiger partial charge in [-0.1, -0.05) is 20.8 Å². The molecule has 1 N–H and O–H groups in total. The zero-order chi connectivity index (χ0) is 16.6. The molecule has 1 aliphatic rings. The Kier molecular flexibility index (Phi) is 5.17. The molecule has 0 saturated carbocycles. The van der Waals surface area contributed by atoms with E-state index in [2.05, 4.69) is 0 Å². The lowest BCUT2D eigenvalue weighted by Gasteiger charge is -2.38. The van der Waals surface area contributed by atoms with Gasteiger partial charge in [-0.2, -0.15) is 13.2 Å². The van der Waals surface area contributed by atoms with Gasteiger partial charge in [0.2, 0.25) is 0 Å². The molecule has 0 aromatic heterocycles. The van der Waals surface area contributed by atoms with E-state index >= 15 is 0 Å². The Morgan fingerprint density at radius 2 is 1.86 bits per heavy atom. The lowest BCUT2D eigenvalue weighted by Crippen LogP contribution is -2.47. The van der Waals surface area contributed by atoms with E-state index in [0.717, 1.165) is 0 Å². The molecular formula is C13H24F3NO3Si. The van der Waals surface area contributed by atoms with E-state index in [0.29, 0.717) is 4.90 Å². The van der Waals surface area contributed by atoms with Crippen LogP contribution in [0.3, 0.4) is 0 Å². The van der Waals surface area contributed by atoms with Crippen molar-refractivity contribution in [2.75, 3.05) is 13.2 Å². The van der Waals surface area contributed by atoms with Crippen LogP contribution in [0.2, 0.25) is 18.1 Å². The molecule has 2 unspecified atom stereocenters. The van der Waals surface area contributed by atoms with Crippen molar-refractivity contribution in [3.8, 4) is 0 Å². The molecule has 1 aliphatic heterocycles. The van der Waals surface area contributed by atoms with Crippen LogP contribution in [-0.4, -0.2) is 55.7 Å². The number of aliphatic hydroxyl groups is 1. The Morgan fingerprint density at radius 1 is 1.33 bits per heavy atom. The maximum Gasteiger partial charge on any atom is 0.471 e. The second-order valence-corrected chi connectivity index (χ2v) is 11.8. The fourth-order valence-electron chi connectivity index (χ4n) is 2.14. The highest BCUT2D eigenvalue weighted by atomic mass is 28.4. The number of carbonyl (C=O) groups excluding carboxylic acids is 1. The third-order valence-corrected chi connectivity index (χ3v) is 8.89. The van der Waals surface area contributed by atoms with Crippen LogP contribution in [0.4, 0.5) is 13.2 Å². The van der Waals surface area contributed by atoms with Crippen molar-refractivity contribution in [2.45, 2.75) is 63.6 Å². The zero-order valence-electron chi connectivity index (χ0n) is 13.1. The van der Waals surface area contributed by atoms with E-state index in [9.17, 15) is 23.1 Å². The number of rotatable bonds is 3. The maximum atomic E-state index is 12.6. The second-order valence-electron chi connectivity index (χ2n) is 7.03. The van der Waals surface area contributed by atoms with Gasteiger partial charge in [0, 0.05) is 6.54 Å². The zero-order valence-corrected chi connectivity index (χ0v) is 14.1. The van der Waals surface area contributed by atoms with Crippen molar-refractivity contribution in [3.63, 3.8) is 0 Å². The number of carbonyl (C=O) groups is 1. The summed E-state index contributed by atoms with van der Waals surface area (Å²) in [6.07, 6.45) is -5.13. The lowest BCUT2D eigenvalue weighted by molar-refractivity contribution is -0.187. The summed E-state index contributed by atoms with van der Waals surface area (Å²) < 4.78 is 43.7.